The van der Waals surface area contributed by atoms with Gasteiger partial charge in [-0.05, 0) is 23.8 Å². The summed E-state index contributed by atoms with van der Waals surface area (Å²) in [5.41, 5.74) is -1.75. The number of halogens is 4. The average Bonchev–Trinajstić information content (AvgIpc) is 2.45. The second-order valence-corrected chi connectivity index (χ2v) is 4.39. The molecule has 2 aromatic rings. The van der Waals surface area contributed by atoms with Gasteiger partial charge in [-0.1, -0.05) is 18.2 Å². The molecule has 0 saturated carbocycles. The van der Waals surface area contributed by atoms with E-state index in [4.69, 9.17) is 9.84 Å². The molecule has 0 amide bonds. The quantitative estimate of drug-likeness (QED) is 0.863. The van der Waals surface area contributed by atoms with Crippen LogP contribution in [0.3, 0.4) is 0 Å². The van der Waals surface area contributed by atoms with Gasteiger partial charge in [-0.25, -0.2) is 9.18 Å². The maximum atomic E-state index is 14.1. The Morgan fingerprint density at radius 3 is 2.41 bits per heavy atom. The fourth-order valence-corrected chi connectivity index (χ4v) is 2.01. The number of hydrogen-bond donors (Lipinski definition) is 1. The van der Waals surface area contributed by atoms with E-state index in [1.165, 1.54) is 25.3 Å². The highest BCUT2D eigenvalue weighted by atomic mass is 19.4. The molecule has 7 heteroatoms. The molecule has 0 bridgehead atoms. The zero-order chi connectivity index (χ0) is 16.5. The van der Waals surface area contributed by atoms with Crippen LogP contribution in [0, 0.1) is 5.82 Å². The van der Waals surface area contributed by atoms with Gasteiger partial charge in [-0.15, -0.1) is 0 Å². The molecule has 1 N–H and O–H groups in total. The number of carboxylic acid groups (broad SMARTS) is 1. The summed E-state index contributed by atoms with van der Waals surface area (Å²) in [6, 6.07) is 6.46. The summed E-state index contributed by atoms with van der Waals surface area (Å²) >= 11 is 0. The molecule has 0 aliphatic rings. The molecule has 116 valence electrons. The van der Waals surface area contributed by atoms with Crippen molar-refractivity contribution in [2.24, 2.45) is 0 Å². The van der Waals surface area contributed by atoms with Crippen molar-refractivity contribution >= 4 is 5.97 Å². The molecule has 2 rings (SSSR count). The minimum atomic E-state index is -4.81. The summed E-state index contributed by atoms with van der Waals surface area (Å²) in [5, 5.41) is 8.96. The van der Waals surface area contributed by atoms with Crippen molar-refractivity contribution in [3.05, 3.63) is 53.3 Å². The molecule has 0 aliphatic heterocycles. The molecule has 0 unspecified atom stereocenters. The van der Waals surface area contributed by atoms with Crippen molar-refractivity contribution in [1.82, 2.24) is 0 Å². The number of rotatable bonds is 3. The molecular weight excluding hydrogens is 304 g/mol. The Morgan fingerprint density at radius 2 is 1.86 bits per heavy atom. The van der Waals surface area contributed by atoms with Gasteiger partial charge in [0.2, 0.25) is 0 Å². The summed E-state index contributed by atoms with van der Waals surface area (Å²) in [5.74, 6) is -2.74. The Balaban J connectivity index is 2.60. The third-order valence-electron chi connectivity index (χ3n) is 3.05. The highest BCUT2D eigenvalue weighted by Gasteiger charge is 2.35. The van der Waals surface area contributed by atoms with Crippen molar-refractivity contribution < 1.29 is 32.2 Å². The number of alkyl halides is 3. The molecular formula is C15H10F4O3. The van der Waals surface area contributed by atoms with Gasteiger partial charge in [-0.3, -0.25) is 0 Å². The first-order valence-electron chi connectivity index (χ1n) is 6.03. The van der Waals surface area contributed by atoms with Crippen LogP contribution in [0.1, 0.15) is 15.9 Å². The van der Waals surface area contributed by atoms with E-state index in [9.17, 15) is 22.4 Å². The molecule has 0 atom stereocenters. The minimum absolute atomic E-state index is 0.0678. The lowest BCUT2D eigenvalue weighted by atomic mass is 10.00. The van der Waals surface area contributed by atoms with Gasteiger partial charge in [0.25, 0.3) is 0 Å². The van der Waals surface area contributed by atoms with E-state index in [0.717, 1.165) is 12.1 Å². The van der Waals surface area contributed by atoms with E-state index in [2.05, 4.69) is 0 Å². The Kier molecular flexibility index (Phi) is 4.07. The lowest BCUT2D eigenvalue weighted by molar-refractivity contribution is -0.139. The SMILES string of the molecule is COc1cc(-c2cccc(C(F)(F)F)c2F)ccc1C(=O)O. The molecule has 0 radical (unpaired) electrons. The van der Waals surface area contributed by atoms with Crippen LogP contribution in [0.25, 0.3) is 11.1 Å². The number of benzene rings is 2. The van der Waals surface area contributed by atoms with Crippen molar-refractivity contribution in [3.63, 3.8) is 0 Å². The third kappa shape index (κ3) is 2.88. The second kappa shape index (κ2) is 5.67. The predicted octanol–water partition coefficient (Wildman–Crippen LogP) is 4.22. The molecule has 22 heavy (non-hydrogen) atoms. The Morgan fingerprint density at radius 1 is 1.18 bits per heavy atom. The van der Waals surface area contributed by atoms with Crippen LogP contribution >= 0.6 is 0 Å². The minimum Gasteiger partial charge on any atom is -0.496 e. The summed E-state index contributed by atoms with van der Waals surface area (Å²) < 4.78 is 57.1. The standard InChI is InChI=1S/C15H10F4O3/c1-22-12-7-8(5-6-10(12)14(20)21)9-3-2-4-11(13(9)16)15(17,18)19/h2-7H,1H3,(H,20,21). The lowest BCUT2D eigenvalue weighted by Gasteiger charge is -2.12. The van der Waals surface area contributed by atoms with E-state index in [1.807, 2.05) is 0 Å². The van der Waals surface area contributed by atoms with Crippen molar-refractivity contribution in [2.45, 2.75) is 6.18 Å². The van der Waals surface area contributed by atoms with E-state index in [1.54, 1.807) is 0 Å². The Labute approximate surface area is 122 Å². The number of carboxylic acids is 1. The Hall–Kier alpha value is -2.57. The molecule has 0 spiro atoms. The van der Waals surface area contributed by atoms with E-state index in [0.29, 0.717) is 6.07 Å². The fourth-order valence-electron chi connectivity index (χ4n) is 2.01. The van der Waals surface area contributed by atoms with Gasteiger partial charge in [-0.2, -0.15) is 13.2 Å². The third-order valence-corrected chi connectivity index (χ3v) is 3.05. The van der Waals surface area contributed by atoms with Crippen LogP contribution < -0.4 is 4.74 Å². The van der Waals surface area contributed by atoms with E-state index in [-0.39, 0.29) is 22.4 Å². The maximum absolute atomic E-state index is 14.1. The average molecular weight is 314 g/mol. The van der Waals surface area contributed by atoms with Gasteiger partial charge in [0.1, 0.15) is 17.1 Å². The van der Waals surface area contributed by atoms with E-state index >= 15 is 0 Å². The summed E-state index contributed by atoms with van der Waals surface area (Å²) in [6.45, 7) is 0. The van der Waals surface area contributed by atoms with Crippen molar-refractivity contribution in [2.75, 3.05) is 7.11 Å². The van der Waals surface area contributed by atoms with E-state index < -0.39 is 23.5 Å². The van der Waals surface area contributed by atoms with Crippen LogP contribution in [-0.2, 0) is 6.18 Å². The number of methoxy groups -OCH3 is 1. The molecule has 0 fully saturated rings. The second-order valence-electron chi connectivity index (χ2n) is 4.39. The molecule has 0 aliphatic carbocycles. The van der Waals surface area contributed by atoms with Crippen LogP contribution in [0.15, 0.2) is 36.4 Å². The summed E-state index contributed by atoms with van der Waals surface area (Å²) in [4.78, 5) is 11.0. The van der Waals surface area contributed by atoms with Gasteiger partial charge in [0.15, 0.2) is 0 Å². The first kappa shape index (κ1) is 15.8. The first-order valence-corrected chi connectivity index (χ1v) is 6.03. The normalized spacial score (nSPS) is 11.3. The molecule has 0 heterocycles. The number of hydrogen-bond acceptors (Lipinski definition) is 2. The van der Waals surface area contributed by atoms with Gasteiger partial charge >= 0.3 is 12.1 Å². The highest BCUT2D eigenvalue weighted by molar-refractivity contribution is 5.92. The van der Waals surface area contributed by atoms with Crippen molar-refractivity contribution in [3.8, 4) is 16.9 Å². The molecule has 2 aromatic carbocycles. The molecule has 0 aromatic heterocycles. The van der Waals surface area contributed by atoms with Crippen LogP contribution in [0.2, 0.25) is 0 Å². The monoisotopic (exact) mass is 314 g/mol. The largest absolute Gasteiger partial charge is 0.496 e. The fraction of sp³-hybridized carbons (Fsp3) is 0.133. The number of ether oxygens (including phenoxy) is 1. The zero-order valence-electron chi connectivity index (χ0n) is 11.2. The van der Waals surface area contributed by atoms with Gasteiger partial charge in [0, 0.05) is 5.56 Å². The summed E-state index contributed by atoms with van der Waals surface area (Å²) in [6.07, 6.45) is -4.81. The van der Waals surface area contributed by atoms with Crippen LogP contribution in [0.4, 0.5) is 17.6 Å². The summed E-state index contributed by atoms with van der Waals surface area (Å²) in [7, 11) is 1.22. The van der Waals surface area contributed by atoms with Crippen LogP contribution in [-0.4, -0.2) is 18.2 Å². The first-order chi connectivity index (χ1) is 10.3. The predicted molar refractivity (Wildman–Crippen MR) is 70.3 cm³/mol. The highest BCUT2D eigenvalue weighted by Crippen LogP contribution is 2.36. The van der Waals surface area contributed by atoms with Crippen LogP contribution in [0.5, 0.6) is 5.75 Å². The Bertz CT molecular complexity index is 723. The number of aromatic carboxylic acids is 1. The topological polar surface area (TPSA) is 46.5 Å². The smallest absolute Gasteiger partial charge is 0.419 e. The maximum Gasteiger partial charge on any atom is 0.419 e. The molecule has 0 saturated heterocycles. The lowest BCUT2D eigenvalue weighted by Crippen LogP contribution is -2.09. The zero-order valence-corrected chi connectivity index (χ0v) is 11.2. The van der Waals surface area contributed by atoms with Gasteiger partial charge in [0.05, 0.1) is 12.7 Å². The number of carbonyl (C=O) groups is 1. The molecule has 3 nitrogen and oxygen atoms in total. The van der Waals surface area contributed by atoms with Crippen molar-refractivity contribution in [1.29, 1.82) is 0 Å². The van der Waals surface area contributed by atoms with Gasteiger partial charge < -0.3 is 9.84 Å².